The fourth-order valence-electron chi connectivity index (χ4n) is 0.626. The number of nitrogens with one attached hydrogen (secondary N) is 1. The van der Waals surface area contributed by atoms with E-state index < -0.39 is 29.9 Å². The third-order valence-corrected chi connectivity index (χ3v) is 1.58. The first-order valence-electron chi connectivity index (χ1n) is 4.14. The van der Waals surface area contributed by atoms with Crippen LogP contribution in [-0.4, -0.2) is 29.6 Å². The lowest BCUT2D eigenvalue weighted by atomic mass is 9.87. The van der Waals surface area contributed by atoms with E-state index in [2.05, 4.69) is 4.84 Å². The molecule has 0 aliphatic heterocycles. The van der Waals surface area contributed by atoms with Crippen molar-refractivity contribution in [3.63, 3.8) is 0 Å². The summed E-state index contributed by atoms with van der Waals surface area (Å²) in [7, 11) is 0. The Morgan fingerprint density at radius 2 is 2.00 bits per heavy atom. The zero-order valence-electron chi connectivity index (χ0n) is 8.53. The highest BCUT2D eigenvalue weighted by Gasteiger charge is 2.27. The van der Waals surface area contributed by atoms with Crippen LogP contribution in [0.25, 0.3) is 0 Å². The summed E-state index contributed by atoms with van der Waals surface area (Å²) in [6.45, 7) is 4.82. The summed E-state index contributed by atoms with van der Waals surface area (Å²) >= 11 is 0. The van der Waals surface area contributed by atoms with Crippen molar-refractivity contribution in [2.24, 2.45) is 11.1 Å². The van der Waals surface area contributed by atoms with Crippen molar-refractivity contribution in [1.82, 2.24) is 5.48 Å². The number of hydrogen-bond acceptors (Lipinski definition) is 4. The van der Waals surface area contributed by atoms with Crippen molar-refractivity contribution in [3.05, 3.63) is 0 Å². The molecule has 0 aromatic heterocycles. The van der Waals surface area contributed by atoms with E-state index in [-0.39, 0.29) is 0 Å². The molecule has 1 atom stereocenters. The molecule has 0 fully saturated rings. The number of carboxylic acid groups (broad SMARTS) is 1. The molecule has 0 unspecified atom stereocenters. The average Bonchev–Trinajstić information content (AvgIpc) is 2.00. The van der Waals surface area contributed by atoms with Crippen LogP contribution >= 0.6 is 0 Å². The molecule has 0 saturated heterocycles. The van der Waals surface area contributed by atoms with E-state index in [1.165, 1.54) is 0 Å². The number of carbonyl (C=O) groups excluding carboxylic acids is 1. The van der Waals surface area contributed by atoms with E-state index >= 15 is 0 Å². The van der Waals surface area contributed by atoms with Gasteiger partial charge in [0, 0.05) is 0 Å². The molecule has 0 heterocycles. The first-order chi connectivity index (χ1) is 6.25. The number of hydrogen-bond donors (Lipinski definition) is 3. The second-order valence-electron chi connectivity index (χ2n) is 3.99. The predicted molar refractivity (Wildman–Crippen MR) is 49.2 cm³/mol. The number of aliphatic carboxylic acids is 1. The van der Waals surface area contributed by atoms with E-state index in [0.717, 1.165) is 0 Å². The summed E-state index contributed by atoms with van der Waals surface area (Å²) in [6, 6.07) is -0.740. The minimum atomic E-state index is -1.16. The molecule has 0 bridgehead atoms. The number of hydroxylamine groups is 1. The fourth-order valence-corrected chi connectivity index (χ4v) is 0.626. The maximum Gasteiger partial charge on any atom is 0.332 e. The zero-order valence-corrected chi connectivity index (χ0v) is 8.53. The molecule has 0 aliphatic rings. The highest BCUT2D eigenvalue weighted by atomic mass is 16.7. The van der Waals surface area contributed by atoms with Gasteiger partial charge in [-0.25, -0.2) is 10.3 Å². The van der Waals surface area contributed by atoms with Gasteiger partial charge in [-0.2, -0.15) is 0 Å². The normalized spacial score (nSPS) is 13.4. The van der Waals surface area contributed by atoms with Crippen molar-refractivity contribution in [2.45, 2.75) is 26.8 Å². The Morgan fingerprint density at radius 3 is 2.36 bits per heavy atom. The second-order valence-corrected chi connectivity index (χ2v) is 3.99. The molecule has 0 aromatic rings. The van der Waals surface area contributed by atoms with Crippen LogP contribution in [0.4, 0.5) is 0 Å². The summed E-state index contributed by atoms with van der Waals surface area (Å²) in [5.74, 6) is -1.69. The van der Waals surface area contributed by atoms with Crippen molar-refractivity contribution in [3.8, 4) is 0 Å². The van der Waals surface area contributed by atoms with Gasteiger partial charge in [0.05, 0.1) is 6.04 Å². The van der Waals surface area contributed by atoms with E-state index in [1.54, 1.807) is 20.8 Å². The fraction of sp³-hybridized carbons (Fsp3) is 0.750. The maximum absolute atomic E-state index is 11.2. The van der Waals surface area contributed by atoms with Crippen LogP contribution in [0.3, 0.4) is 0 Å². The molecule has 14 heavy (non-hydrogen) atoms. The topological polar surface area (TPSA) is 102 Å². The molecule has 0 saturated carbocycles. The van der Waals surface area contributed by atoms with Crippen LogP contribution in [-0.2, 0) is 14.4 Å². The van der Waals surface area contributed by atoms with Crippen LogP contribution in [0.5, 0.6) is 0 Å². The van der Waals surface area contributed by atoms with E-state index in [0.29, 0.717) is 0 Å². The highest BCUT2D eigenvalue weighted by molar-refractivity contribution is 5.81. The first kappa shape index (κ1) is 12.9. The molecule has 82 valence electrons. The Morgan fingerprint density at radius 1 is 1.50 bits per heavy atom. The number of carbonyl (C=O) groups is 2. The van der Waals surface area contributed by atoms with Gasteiger partial charge in [-0.3, -0.25) is 9.63 Å². The Bertz CT molecular complexity index is 222. The van der Waals surface area contributed by atoms with Gasteiger partial charge in [-0.15, -0.1) is 0 Å². The molecule has 4 N–H and O–H groups in total. The molecule has 1 amide bonds. The summed E-state index contributed by atoms with van der Waals surface area (Å²) in [5, 5.41) is 8.22. The molecule has 0 rings (SSSR count). The monoisotopic (exact) mass is 204 g/mol. The molecule has 0 aromatic carbocycles. The summed E-state index contributed by atoms with van der Waals surface area (Å²) in [6.07, 6.45) is 0. The van der Waals surface area contributed by atoms with Gasteiger partial charge in [0.25, 0.3) is 5.91 Å². The van der Waals surface area contributed by atoms with Gasteiger partial charge in [0.1, 0.15) is 0 Å². The van der Waals surface area contributed by atoms with Crippen molar-refractivity contribution < 1.29 is 19.5 Å². The number of nitrogens with two attached hydrogens (primary N) is 1. The van der Waals surface area contributed by atoms with Crippen LogP contribution in [0, 0.1) is 5.41 Å². The van der Waals surface area contributed by atoms with E-state index in [1.807, 2.05) is 5.48 Å². The molecule has 0 aliphatic carbocycles. The lowest BCUT2D eigenvalue weighted by molar-refractivity contribution is -0.150. The van der Waals surface area contributed by atoms with Gasteiger partial charge in [-0.05, 0) is 5.41 Å². The lowest BCUT2D eigenvalue weighted by Gasteiger charge is -2.25. The number of rotatable bonds is 4. The zero-order chi connectivity index (χ0) is 11.4. The van der Waals surface area contributed by atoms with Gasteiger partial charge < -0.3 is 10.8 Å². The van der Waals surface area contributed by atoms with Crippen LogP contribution < -0.4 is 11.2 Å². The summed E-state index contributed by atoms with van der Waals surface area (Å²) < 4.78 is 0. The Hall–Kier alpha value is -1.14. The van der Waals surface area contributed by atoms with Crippen molar-refractivity contribution >= 4 is 11.9 Å². The van der Waals surface area contributed by atoms with E-state index in [4.69, 9.17) is 10.8 Å². The van der Waals surface area contributed by atoms with Crippen LogP contribution in [0.1, 0.15) is 20.8 Å². The summed E-state index contributed by atoms with van der Waals surface area (Å²) in [4.78, 5) is 25.7. The number of amides is 1. The minimum absolute atomic E-state index is 0.392. The molecular weight excluding hydrogens is 188 g/mol. The molecule has 0 radical (unpaired) electrons. The molecule has 0 spiro atoms. The van der Waals surface area contributed by atoms with Gasteiger partial charge in [0.15, 0.2) is 6.61 Å². The first-order valence-corrected chi connectivity index (χ1v) is 4.14. The van der Waals surface area contributed by atoms with E-state index in [9.17, 15) is 9.59 Å². The van der Waals surface area contributed by atoms with Crippen LogP contribution in [0.2, 0.25) is 0 Å². The van der Waals surface area contributed by atoms with Gasteiger partial charge in [-0.1, -0.05) is 20.8 Å². The molecule has 6 nitrogen and oxygen atoms in total. The minimum Gasteiger partial charge on any atom is -0.479 e. The Labute approximate surface area is 82.4 Å². The summed E-state index contributed by atoms with van der Waals surface area (Å²) in [5.41, 5.74) is 7.16. The Balaban J connectivity index is 3.91. The molecular formula is C8H16N2O4. The number of carboxylic acids is 1. The SMILES string of the molecule is CC(C)(C)[C@H](N)C(=O)NOCC(=O)O. The standard InChI is InChI=1S/C8H16N2O4/c1-8(2,3)6(9)7(13)10-14-4-5(11)12/h6H,4,9H2,1-3H3,(H,10,13)(H,11,12)/t6-/m1/s1. The Kier molecular flexibility index (Phi) is 4.52. The predicted octanol–water partition coefficient (Wildman–Crippen LogP) is -0.508. The average molecular weight is 204 g/mol. The van der Waals surface area contributed by atoms with Crippen molar-refractivity contribution in [2.75, 3.05) is 6.61 Å². The molecule has 6 heteroatoms. The maximum atomic E-state index is 11.2. The van der Waals surface area contributed by atoms with Gasteiger partial charge in [0.2, 0.25) is 0 Å². The van der Waals surface area contributed by atoms with Crippen LogP contribution in [0.15, 0.2) is 0 Å². The lowest BCUT2D eigenvalue weighted by Crippen LogP contribution is -2.48. The third-order valence-electron chi connectivity index (χ3n) is 1.58. The largest absolute Gasteiger partial charge is 0.479 e. The third kappa shape index (κ3) is 4.78. The highest BCUT2D eigenvalue weighted by Crippen LogP contribution is 2.16. The smallest absolute Gasteiger partial charge is 0.332 e. The van der Waals surface area contributed by atoms with Gasteiger partial charge >= 0.3 is 5.97 Å². The quantitative estimate of drug-likeness (QED) is 0.535. The van der Waals surface area contributed by atoms with Crippen molar-refractivity contribution in [1.29, 1.82) is 0 Å². The second kappa shape index (κ2) is 4.92.